The van der Waals surface area contributed by atoms with E-state index in [2.05, 4.69) is 4.99 Å². The maximum Gasteiger partial charge on any atom is 0.282 e. The average molecular weight is 254 g/mol. The zero-order valence-electron chi connectivity index (χ0n) is 10.2. The summed E-state index contributed by atoms with van der Waals surface area (Å²) in [6.45, 7) is 2.47. The standard InChI is InChI=1S/C13H16F2N2O/c1-2-8(5-10-7-18-13(16)17-10)9-3-4-11(14)12(15)6-9/h3-4,6,8,10H,2,5,7H2,1H3,(H2,16,17)/t8?,10-/m0/s1. The molecule has 0 spiro atoms. The van der Waals surface area contributed by atoms with Crippen LogP contribution in [0.3, 0.4) is 0 Å². The van der Waals surface area contributed by atoms with Crippen molar-refractivity contribution in [1.29, 1.82) is 0 Å². The Labute approximate surface area is 105 Å². The molecular formula is C13H16F2N2O. The Morgan fingerprint density at radius 2 is 2.22 bits per heavy atom. The van der Waals surface area contributed by atoms with Crippen molar-refractivity contribution >= 4 is 6.02 Å². The lowest BCUT2D eigenvalue weighted by molar-refractivity contribution is 0.301. The summed E-state index contributed by atoms with van der Waals surface area (Å²) in [6.07, 6.45) is 1.55. The van der Waals surface area contributed by atoms with Gasteiger partial charge in [0, 0.05) is 0 Å². The molecule has 0 saturated heterocycles. The van der Waals surface area contributed by atoms with E-state index in [-0.39, 0.29) is 18.0 Å². The number of halogens is 2. The highest BCUT2D eigenvalue weighted by atomic mass is 19.2. The second-order valence-electron chi connectivity index (χ2n) is 4.45. The summed E-state index contributed by atoms with van der Waals surface area (Å²) in [5.74, 6) is -1.50. The van der Waals surface area contributed by atoms with Gasteiger partial charge in [0.15, 0.2) is 11.6 Å². The minimum Gasteiger partial charge on any atom is -0.463 e. The summed E-state index contributed by atoms with van der Waals surface area (Å²) < 4.78 is 31.2. The Kier molecular flexibility index (Phi) is 3.79. The Hall–Kier alpha value is -1.65. The van der Waals surface area contributed by atoms with Gasteiger partial charge < -0.3 is 10.5 Å². The van der Waals surface area contributed by atoms with Crippen molar-refractivity contribution in [3.05, 3.63) is 35.4 Å². The minimum absolute atomic E-state index is 0.00284. The Balaban J connectivity index is 2.10. The second-order valence-corrected chi connectivity index (χ2v) is 4.45. The fraction of sp³-hybridized carbons (Fsp3) is 0.462. The highest BCUT2D eigenvalue weighted by Gasteiger charge is 2.22. The van der Waals surface area contributed by atoms with Gasteiger partial charge in [-0.15, -0.1) is 0 Å². The lowest BCUT2D eigenvalue weighted by Gasteiger charge is -2.17. The zero-order chi connectivity index (χ0) is 13.1. The van der Waals surface area contributed by atoms with Gasteiger partial charge in [-0.3, -0.25) is 0 Å². The number of aliphatic imine (C=N–C) groups is 1. The molecule has 2 rings (SSSR count). The molecule has 18 heavy (non-hydrogen) atoms. The summed E-state index contributed by atoms with van der Waals surface area (Å²) in [7, 11) is 0. The molecule has 0 saturated carbocycles. The third-order valence-corrected chi connectivity index (χ3v) is 3.20. The van der Waals surface area contributed by atoms with E-state index in [9.17, 15) is 8.78 Å². The van der Waals surface area contributed by atoms with E-state index in [1.807, 2.05) is 6.92 Å². The Morgan fingerprint density at radius 1 is 1.44 bits per heavy atom. The summed E-state index contributed by atoms with van der Waals surface area (Å²) >= 11 is 0. The van der Waals surface area contributed by atoms with Crippen molar-refractivity contribution in [2.45, 2.75) is 31.7 Å². The monoisotopic (exact) mass is 254 g/mol. The molecule has 1 aromatic carbocycles. The number of amidine groups is 1. The molecule has 1 aliphatic rings. The molecule has 1 unspecified atom stereocenters. The lowest BCUT2D eigenvalue weighted by Crippen LogP contribution is -2.12. The molecule has 1 aromatic rings. The van der Waals surface area contributed by atoms with Crippen LogP contribution >= 0.6 is 0 Å². The van der Waals surface area contributed by atoms with Crippen LogP contribution in [0.1, 0.15) is 31.2 Å². The topological polar surface area (TPSA) is 47.6 Å². The molecule has 1 heterocycles. The third kappa shape index (κ3) is 2.78. The Morgan fingerprint density at radius 3 is 2.78 bits per heavy atom. The molecule has 5 heteroatoms. The minimum atomic E-state index is -0.819. The molecule has 2 N–H and O–H groups in total. The Bertz CT molecular complexity index is 462. The normalized spacial score (nSPS) is 20.4. The highest BCUT2D eigenvalue weighted by molar-refractivity contribution is 5.73. The fourth-order valence-electron chi connectivity index (χ4n) is 2.19. The first kappa shape index (κ1) is 12.8. The number of ether oxygens (including phenoxy) is 1. The van der Waals surface area contributed by atoms with Crippen molar-refractivity contribution in [3.8, 4) is 0 Å². The second kappa shape index (κ2) is 5.33. The third-order valence-electron chi connectivity index (χ3n) is 3.20. The molecule has 0 aliphatic carbocycles. The molecule has 98 valence electrons. The molecule has 0 amide bonds. The van der Waals surface area contributed by atoms with E-state index in [1.165, 1.54) is 6.07 Å². The van der Waals surface area contributed by atoms with Crippen LogP contribution in [0.2, 0.25) is 0 Å². The summed E-state index contributed by atoms with van der Waals surface area (Å²) in [5.41, 5.74) is 6.23. The van der Waals surface area contributed by atoms with Crippen LogP contribution in [0.5, 0.6) is 0 Å². The van der Waals surface area contributed by atoms with Gasteiger partial charge in [-0.2, -0.15) is 0 Å². The van der Waals surface area contributed by atoms with Gasteiger partial charge in [0.1, 0.15) is 6.61 Å². The van der Waals surface area contributed by atoms with Crippen LogP contribution in [0.4, 0.5) is 8.78 Å². The molecule has 0 aromatic heterocycles. The van der Waals surface area contributed by atoms with Crippen molar-refractivity contribution in [1.82, 2.24) is 0 Å². The molecule has 0 bridgehead atoms. The van der Waals surface area contributed by atoms with Crippen molar-refractivity contribution in [2.75, 3.05) is 6.61 Å². The average Bonchev–Trinajstić information content (AvgIpc) is 2.75. The summed E-state index contributed by atoms with van der Waals surface area (Å²) in [6, 6.07) is 4.25. The van der Waals surface area contributed by atoms with Crippen molar-refractivity contribution in [3.63, 3.8) is 0 Å². The molecular weight excluding hydrogens is 238 g/mol. The van der Waals surface area contributed by atoms with Crippen LogP contribution in [0, 0.1) is 11.6 Å². The van der Waals surface area contributed by atoms with Crippen molar-refractivity contribution < 1.29 is 13.5 Å². The van der Waals surface area contributed by atoms with Crippen molar-refractivity contribution in [2.24, 2.45) is 10.7 Å². The van der Waals surface area contributed by atoms with E-state index in [4.69, 9.17) is 10.5 Å². The largest absolute Gasteiger partial charge is 0.463 e. The van der Waals surface area contributed by atoms with E-state index >= 15 is 0 Å². The SMILES string of the molecule is CCC(C[C@H]1COC(N)=N1)c1ccc(F)c(F)c1. The maximum atomic E-state index is 13.2. The van der Waals surface area contributed by atoms with Gasteiger partial charge in [-0.1, -0.05) is 13.0 Å². The van der Waals surface area contributed by atoms with E-state index < -0.39 is 11.6 Å². The first-order valence-electron chi connectivity index (χ1n) is 6.01. The first-order valence-corrected chi connectivity index (χ1v) is 6.01. The van der Waals surface area contributed by atoms with Crippen LogP contribution in [-0.2, 0) is 4.74 Å². The highest BCUT2D eigenvalue weighted by Crippen LogP contribution is 2.28. The quantitative estimate of drug-likeness (QED) is 0.897. The predicted octanol–water partition coefficient (Wildman–Crippen LogP) is 2.56. The zero-order valence-corrected chi connectivity index (χ0v) is 10.2. The predicted molar refractivity (Wildman–Crippen MR) is 65.4 cm³/mol. The van der Waals surface area contributed by atoms with Gasteiger partial charge in [-0.05, 0) is 36.5 Å². The smallest absolute Gasteiger partial charge is 0.282 e. The van der Waals surface area contributed by atoms with Crippen LogP contribution in [-0.4, -0.2) is 18.7 Å². The van der Waals surface area contributed by atoms with Crippen LogP contribution in [0.25, 0.3) is 0 Å². The van der Waals surface area contributed by atoms with Crippen LogP contribution in [0.15, 0.2) is 23.2 Å². The van der Waals surface area contributed by atoms with E-state index in [0.29, 0.717) is 6.61 Å². The lowest BCUT2D eigenvalue weighted by atomic mass is 9.90. The van der Waals surface area contributed by atoms with Gasteiger partial charge >= 0.3 is 0 Å². The molecule has 2 atom stereocenters. The van der Waals surface area contributed by atoms with E-state index in [1.54, 1.807) is 6.07 Å². The van der Waals surface area contributed by atoms with Crippen LogP contribution < -0.4 is 5.73 Å². The van der Waals surface area contributed by atoms with Gasteiger partial charge in [0.05, 0.1) is 6.04 Å². The number of hydrogen-bond acceptors (Lipinski definition) is 3. The summed E-state index contributed by atoms with van der Waals surface area (Å²) in [4.78, 5) is 4.15. The number of nitrogens with zero attached hydrogens (tertiary/aromatic N) is 1. The van der Waals surface area contributed by atoms with Gasteiger partial charge in [0.2, 0.25) is 0 Å². The van der Waals surface area contributed by atoms with Gasteiger partial charge in [-0.25, -0.2) is 13.8 Å². The molecule has 0 radical (unpaired) electrons. The first-order chi connectivity index (χ1) is 8.60. The maximum absolute atomic E-state index is 13.2. The number of benzene rings is 1. The molecule has 0 fully saturated rings. The number of nitrogens with two attached hydrogens (primary N) is 1. The number of hydrogen-bond donors (Lipinski definition) is 1. The molecule has 1 aliphatic heterocycles. The summed E-state index contributed by atoms with van der Waals surface area (Å²) in [5, 5.41) is 0. The number of rotatable bonds is 4. The fourth-order valence-corrected chi connectivity index (χ4v) is 2.19. The molecule has 3 nitrogen and oxygen atoms in total. The van der Waals surface area contributed by atoms with E-state index in [0.717, 1.165) is 24.5 Å². The van der Waals surface area contributed by atoms with Gasteiger partial charge in [0.25, 0.3) is 6.02 Å².